The van der Waals surface area contributed by atoms with Crippen molar-refractivity contribution in [2.75, 3.05) is 5.73 Å². The fourth-order valence-electron chi connectivity index (χ4n) is 1.52. The second kappa shape index (κ2) is 4.38. The highest BCUT2D eigenvalue weighted by Gasteiger charge is 2.04. The fraction of sp³-hybridized carbons (Fsp3) is 0.0909. The Hall–Kier alpha value is -1.53. The van der Waals surface area contributed by atoms with Crippen LogP contribution in [0.25, 0.3) is 11.0 Å². The first-order valence-corrected chi connectivity index (χ1v) is 6.99. The summed E-state index contributed by atoms with van der Waals surface area (Å²) in [4.78, 5) is 12.0. The third kappa shape index (κ3) is 2.27. The second-order valence-electron chi connectivity index (χ2n) is 3.59. The SMILES string of the molecule is Nc1ccc2nc(SCc3cscn3)[nH]c2c1. The van der Waals surface area contributed by atoms with Gasteiger partial charge in [0.15, 0.2) is 5.16 Å². The summed E-state index contributed by atoms with van der Waals surface area (Å²) in [7, 11) is 0. The van der Waals surface area contributed by atoms with Gasteiger partial charge >= 0.3 is 0 Å². The summed E-state index contributed by atoms with van der Waals surface area (Å²) < 4.78 is 0. The number of H-pyrrole nitrogens is 1. The molecule has 17 heavy (non-hydrogen) atoms. The van der Waals surface area contributed by atoms with E-state index in [1.54, 1.807) is 23.1 Å². The zero-order valence-electron chi connectivity index (χ0n) is 8.88. The number of nitrogens with zero attached hydrogens (tertiary/aromatic N) is 2. The molecule has 3 rings (SSSR count). The number of nitrogens with one attached hydrogen (secondary N) is 1. The van der Waals surface area contributed by atoms with Crippen LogP contribution in [0.1, 0.15) is 5.69 Å². The van der Waals surface area contributed by atoms with Crippen molar-refractivity contribution in [3.05, 3.63) is 34.8 Å². The number of rotatable bonds is 3. The Labute approximate surface area is 106 Å². The summed E-state index contributed by atoms with van der Waals surface area (Å²) in [6.07, 6.45) is 0. The molecule has 0 bridgehead atoms. The molecule has 0 atom stereocenters. The maximum absolute atomic E-state index is 5.72. The average Bonchev–Trinajstić information content (AvgIpc) is 2.94. The minimum absolute atomic E-state index is 0.747. The molecule has 86 valence electrons. The Morgan fingerprint density at radius 1 is 1.41 bits per heavy atom. The molecule has 3 N–H and O–H groups in total. The molecule has 0 spiro atoms. The van der Waals surface area contributed by atoms with Crippen LogP contribution in [0.4, 0.5) is 5.69 Å². The van der Waals surface area contributed by atoms with Crippen LogP contribution in [0.5, 0.6) is 0 Å². The van der Waals surface area contributed by atoms with Crippen LogP contribution < -0.4 is 5.73 Å². The highest BCUT2D eigenvalue weighted by Crippen LogP contribution is 2.23. The number of thiazole rings is 1. The van der Waals surface area contributed by atoms with Crippen molar-refractivity contribution in [2.45, 2.75) is 10.9 Å². The lowest BCUT2D eigenvalue weighted by molar-refractivity contribution is 1.07. The first-order chi connectivity index (χ1) is 8.31. The van der Waals surface area contributed by atoms with Gasteiger partial charge in [-0.2, -0.15) is 0 Å². The third-order valence-corrected chi connectivity index (χ3v) is 3.87. The molecule has 0 amide bonds. The Kier molecular flexibility index (Phi) is 2.74. The molecule has 2 heterocycles. The largest absolute Gasteiger partial charge is 0.399 e. The smallest absolute Gasteiger partial charge is 0.166 e. The zero-order chi connectivity index (χ0) is 11.7. The van der Waals surface area contributed by atoms with E-state index in [9.17, 15) is 0 Å². The summed E-state index contributed by atoms with van der Waals surface area (Å²) in [5, 5.41) is 2.95. The van der Waals surface area contributed by atoms with Crippen molar-refractivity contribution in [2.24, 2.45) is 0 Å². The third-order valence-electron chi connectivity index (χ3n) is 2.32. The molecule has 0 unspecified atom stereocenters. The van der Waals surface area contributed by atoms with Gasteiger partial charge in [0.05, 0.1) is 22.2 Å². The van der Waals surface area contributed by atoms with E-state index in [1.165, 1.54) is 0 Å². The van der Waals surface area contributed by atoms with Gasteiger partial charge in [-0.15, -0.1) is 11.3 Å². The number of hydrogen-bond acceptors (Lipinski definition) is 5. The summed E-state index contributed by atoms with van der Waals surface area (Å²) >= 11 is 3.26. The monoisotopic (exact) mass is 262 g/mol. The van der Waals surface area contributed by atoms with E-state index in [0.29, 0.717) is 0 Å². The molecule has 4 nitrogen and oxygen atoms in total. The van der Waals surface area contributed by atoms with Gasteiger partial charge in [0.1, 0.15) is 0 Å². The quantitative estimate of drug-likeness (QED) is 0.562. The highest BCUT2D eigenvalue weighted by molar-refractivity contribution is 7.98. The molecule has 0 saturated heterocycles. The number of nitrogens with two attached hydrogens (primary N) is 1. The number of fused-ring (bicyclic) bond motifs is 1. The molecule has 6 heteroatoms. The van der Waals surface area contributed by atoms with Gasteiger partial charge in [-0.3, -0.25) is 0 Å². The lowest BCUT2D eigenvalue weighted by atomic mass is 10.3. The number of thioether (sulfide) groups is 1. The molecule has 2 aromatic heterocycles. The molecular formula is C11H10N4S2. The molecule has 3 aromatic rings. The molecule has 0 saturated carbocycles. The molecule has 1 aromatic carbocycles. The van der Waals surface area contributed by atoms with Crippen LogP contribution in [0, 0.1) is 0 Å². The standard InChI is InChI=1S/C11H10N4S2/c12-7-1-2-9-10(3-7)15-11(14-9)17-5-8-4-16-6-13-8/h1-4,6H,5,12H2,(H,14,15). The normalized spacial score (nSPS) is 11.1. The minimum atomic E-state index is 0.747. The Morgan fingerprint density at radius 2 is 2.35 bits per heavy atom. The summed E-state index contributed by atoms with van der Waals surface area (Å²) in [5.74, 6) is 0.832. The van der Waals surface area contributed by atoms with E-state index >= 15 is 0 Å². The van der Waals surface area contributed by atoms with E-state index in [4.69, 9.17) is 5.73 Å². The molecule has 0 radical (unpaired) electrons. The second-order valence-corrected chi connectivity index (χ2v) is 5.27. The van der Waals surface area contributed by atoms with Gasteiger partial charge in [0, 0.05) is 16.8 Å². The molecule has 0 aliphatic heterocycles. The van der Waals surface area contributed by atoms with Crippen LogP contribution in [0.2, 0.25) is 0 Å². The van der Waals surface area contributed by atoms with Crippen LogP contribution in [-0.4, -0.2) is 15.0 Å². The molecule has 0 aliphatic rings. The maximum atomic E-state index is 5.72. The predicted octanol–water partition coefficient (Wildman–Crippen LogP) is 2.89. The van der Waals surface area contributed by atoms with Crippen molar-refractivity contribution in [3.8, 4) is 0 Å². The lowest BCUT2D eigenvalue weighted by Crippen LogP contribution is -1.82. The van der Waals surface area contributed by atoms with Crippen molar-refractivity contribution in [1.82, 2.24) is 15.0 Å². The number of aromatic amines is 1. The number of aromatic nitrogens is 3. The van der Waals surface area contributed by atoms with Crippen LogP contribution in [0.15, 0.2) is 34.2 Å². The van der Waals surface area contributed by atoms with Gasteiger partial charge in [-0.05, 0) is 18.2 Å². The van der Waals surface area contributed by atoms with Gasteiger partial charge in [-0.1, -0.05) is 11.8 Å². The van der Waals surface area contributed by atoms with Gasteiger partial charge in [0.25, 0.3) is 0 Å². The van der Waals surface area contributed by atoms with E-state index < -0.39 is 0 Å². The highest BCUT2D eigenvalue weighted by atomic mass is 32.2. The average molecular weight is 262 g/mol. The Bertz CT molecular complexity index is 630. The summed E-state index contributed by atoms with van der Waals surface area (Å²) in [5.41, 5.74) is 11.3. The van der Waals surface area contributed by atoms with E-state index in [2.05, 4.69) is 15.0 Å². The lowest BCUT2D eigenvalue weighted by Gasteiger charge is -1.92. The van der Waals surface area contributed by atoms with Crippen molar-refractivity contribution in [3.63, 3.8) is 0 Å². The maximum Gasteiger partial charge on any atom is 0.166 e. The van der Waals surface area contributed by atoms with Gasteiger partial charge < -0.3 is 10.7 Å². The number of hydrogen-bond donors (Lipinski definition) is 2. The number of benzene rings is 1. The zero-order valence-corrected chi connectivity index (χ0v) is 10.5. The van der Waals surface area contributed by atoms with Gasteiger partial charge in [0.2, 0.25) is 0 Å². The topological polar surface area (TPSA) is 67.6 Å². The van der Waals surface area contributed by atoms with Crippen molar-refractivity contribution in [1.29, 1.82) is 0 Å². The van der Waals surface area contributed by atoms with E-state index in [-0.39, 0.29) is 0 Å². The molecular weight excluding hydrogens is 252 g/mol. The van der Waals surface area contributed by atoms with E-state index in [0.717, 1.165) is 33.3 Å². The fourth-order valence-corrected chi connectivity index (χ4v) is 2.97. The van der Waals surface area contributed by atoms with E-state index in [1.807, 2.05) is 29.1 Å². The van der Waals surface area contributed by atoms with Crippen LogP contribution in [0.3, 0.4) is 0 Å². The van der Waals surface area contributed by atoms with Gasteiger partial charge in [-0.25, -0.2) is 9.97 Å². The number of imidazole rings is 1. The van der Waals surface area contributed by atoms with Crippen LogP contribution in [-0.2, 0) is 5.75 Å². The van der Waals surface area contributed by atoms with Crippen LogP contribution >= 0.6 is 23.1 Å². The number of nitrogen functional groups attached to an aromatic ring is 1. The minimum Gasteiger partial charge on any atom is -0.399 e. The Morgan fingerprint density at radius 3 is 3.18 bits per heavy atom. The molecule has 0 aliphatic carbocycles. The van der Waals surface area contributed by atoms with Crippen molar-refractivity contribution >= 4 is 39.8 Å². The Balaban J connectivity index is 1.81. The predicted molar refractivity (Wildman–Crippen MR) is 72.2 cm³/mol. The number of anilines is 1. The summed E-state index contributed by atoms with van der Waals surface area (Å²) in [6.45, 7) is 0. The molecule has 0 fully saturated rings. The first kappa shape index (κ1) is 10.6. The first-order valence-electron chi connectivity index (χ1n) is 5.06. The summed E-state index contributed by atoms with van der Waals surface area (Å²) in [6, 6.07) is 5.68. The van der Waals surface area contributed by atoms with Crippen molar-refractivity contribution < 1.29 is 0 Å².